The summed E-state index contributed by atoms with van der Waals surface area (Å²) in [4.78, 5) is 17.3. The summed E-state index contributed by atoms with van der Waals surface area (Å²) in [5.41, 5.74) is 2.01. The van der Waals surface area contributed by atoms with Gasteiger partial charge >= 0.3 is 0 Å². The van der Waals surface area contributed by atoms with Gasteiger partial charge in [0.1, 0.15) is 17.6 Å². The molecule has 148 valence electrons. The highest BCUT2D eigenvalue weighted by atomic mass is 16.5. The molecule has 27 heavy (non-hydrogen) atoms. The van der Waals surface area contributed by atoms with Crippen LogP contribution >= 0.6 is 0 Å². The Morgan fingerprint density at radius 3 is 2.48 bits per heavy atom. The normalized spacial score (nSPS) is 18.4. The van der Waals surface area contributed by atoms with Crippen molar-refractivity contribution in [2.75, 3.05) is 39.8 Å². The average Bonchev–Trinajstić information content (AvgIpc) is 3.21. The maximum absolute atomic E-state index is 12.9. The predicted molar refractivity (Wildman–Crippen MR) is 108 cm³/mol. The number of amides is 1. The SMILES string of the molecule is COc1ccc(C(=O)N2CCCC2)c(OC2CCN(CC=C(C)C)CC2)c1. The first-order chi connectivity index (χ1) is 13.1. The topological polar surface area (TPSA) is 42.0 Å². The van der Waals surface area contributed by atoms with Crippen molar-refractivity contribution in [2.24, 2.45) is 0 Å². The van der Waals surface area contributed by atoms with Crippen LogP contribution in [-0.2, 0) is 0 Å². The van der Waals surface area contributed by atoms with Gasteiger partial charge in [0, 0.05) is 38.8 Å². The Labute approximate surface area is 162 Å². The van der Waals surface area contributed by atoms with Crippen molar-refractivity contribution in [3.8, 4) is 11.5 Å². The van der Waals surface area contributed by atoms with E-state index >= 15 is 0 Å². The molecule has 5 nitrogen and oxygen atoms in total. The van der Waals surface area contributed by atoms with Crippen molar-refractivity contribution in [1.82, 2.24) is 9.80 Å². The van der Waals surface area contributed by atoms with Crippen LogP contribution in [0.25, 0.3) is 0 Å². The molecule has 0 unspecified atom stereocenters. The molecular weight excluding hydrogens is 340 g/mol. The van der Waals surface area contributed by atoms with E-state index in [1.54, 1.807) is 7.11 Å². The highest BCUT2D eigenvalue weighted by Gasteiger charge is 2.26. The molecule has 0 spiro atoms. The van der Waals surface area contributed by atoms with Gasteiger partial charge in [-0.25, -0.2) is 0 Å². The lowest BCUT2D eigenvalue weighted by molar-refractivity contribution is 0.0771. The summed E-state index contributed by atoms with van der Waals surface area (Å²) in [6.07, 6.45) is 6.54. The van der Waals surface area contributed by atoms with Crippen LogP contribution in [0.2, 0.25) is 0 Å². The van der Waals surface area contributed by atoms with Gasteiger partial charge in [0.2, 0.25) is 0 Å². The number of carbonyl (C=O) groups is 1. The monoisotopic (exact) mass is 372 g/mol. The number of allylic oxidation sites excluding steroid dienone is 1. The molecule has 0 bridgehead atoms. The van der Waals surface area contributed by atoms with E-state index in [4.69, 9.17) is 9.47 Å². The van der Waals surface area contributed by atoms with Crippen LogP contribution in [0.4, 0.5) is 0 Å². The zero-order valence-electron chi connectivity index (χ0n) is 16.9. The average molecular weight is 373 g/mol. The number of benzene rings is 1. The van der Waals surface area contributed by atoms with E-state index < -0.39 is 0 Å². The zero-order chi connectivity index (χ0) is 19.2. The molecule has 0 atom stereocenters. The fourth-order valence-electron chi connectivity index (χ4n) is 3.70. The maximum Gasteiger partial charge on any atom is 0.257 e. The summed E-state index contributed by atoms with van der Waals surface area (Å²) in [5.74, 6) is 1.46. The summed E-state index contributed by atoms with van der Waals surface area (Å²) in [6.45, 7) is 9.00. The largest absolute Gasteiger partial charge is 0.497 e. The number of piperidine rings is 1. The van der Waals surface area contributed by atoms with Gasteiger partial charge in [-0.15, -0.1) is 0 Å². The Kier molecular flexibility index (Phi) is 6.78. The van der Waals surface area contributed by atoms with Crippen molar-refractivity contribution in [2.45, 2.75) is 45.6 Å². The fraction of sp³-hybridized carbons (Fsp3) is 0.591. The van der Waals surface area contributed by atoms with Crippen molar-refractivity contribution in [3.63, 3.8) is 0 Å². The molecule has 2 aliphatic heterocycles. The number of carbonyl (C=O) groups excluding carboxylic acids is 1. The third kappa shape index (κ3) is 5.25. The van der Waals surface area contributed by atoms with Crippen LogP contribution in [0.1, 0.15) is 49.9 Å². The third-order valence-electron chi connectivity index (χ3n) is 5.40. The molecule has 3 rings (SSSR count). The van der Waals surface area contributed by atoms with E-state index in [0.29, 0.717) is 11.3 Å². The lowest BCUT2D eigenvalue weighted by atomic mass is 10.1. The number of nitrogens with zero attached hydrogens (tertiary/aromatic N) is 2. The van der Waals surface area contributed by atoms with Gasteiger partial charge in [-0.2, -0.15) is 0 Å². The Morgan fingerprint density at radius 2 is 1.85 bits per heavy atom. The molecule has 2 aliphatic rings. The summed E-state index contributed by atoms with van der Waals surface area (Å²) < 4.78 is 11.7. The molecule has 0 aliphatic carbocycles. The molecule has 0 radical (unpaired) electrons. The van der Waals surface area contributed by atoms with Crippen molar-refractivity contribution in [1.29, 1.82) is 0 Å². The first kappa shape index (κ1) is 19.7. The van der Waals surface area contributed by atoms with Crippen molar-refractivity contribution in [3.05, 3.63) is 35.4 Å². The highest BCUT2D eigenvalue weighted by molar-refractivity contribution is 5.97. The molecule has 1 aromatic carbocycles. The quantitative estimate of drug-likeness (QED) is 0.714. The summed E-state index contributed by atoms with van der Waals surface area (Å²) in [7, 11) is 1.64. The summed E-state index contributed by atoms with van der Waals surface area (Å²) >= 11 is 0. The Bertz CT molecular complexity index is 668. The van der Waals surface area contributed by atoms with Crippen molar-refractivity contribution >= 4 is 5.91 Å². The second-order valence-electron chi connectivity index (χ2n) is 7.76. The Hall–Kier alpha value is -2.01. The van der Waals surface area contributed by atoms with Crippen LogP contribution < -0.4 is 9.47 Å². The lowest BCUT2D eigenvalue weighted by Crippen LogP contribution is -2.38. The predicted octanol–water partition coefficient (Wildman–Crippen LogP) is 3.74. The first-order valence-corrected chi connectivity index (χ1v) is 10.1. The minimum atomic E-state index is 0.0751. The molecule has 5 heteroatoms. The van der Waals surface area contributed by atoms with Gasteiger partial charge < -0.3 is 14.4 Å². The molecule has 2 heterocycles. The molecule has 1 amide bonds. The van der Waals surface area contributed by atoms with Gasteiger partial charge in [-0.3, -0.25) is 9.69 Å². The standard InChI is InChI=1S/C22H32N2O3/c1-17(2)8-13-23-14-9-18(10-15-23)27-21-16-19(26-3)6-7-20(21)22(25)24-11-4-5-12-24/h6-8,16,18H,4-5,9-15H2,1-3H3. The van der Waals surface area contributed by atoms with E-state index in [2.05, 4.69) is 24.8 Å². The fourth-order valence-corrected chi connectivity index (χ4v) is 3.70. The number of ether oxygens (including phenoxy) is 2. The highest BCUT2D eigenvalue weighted by Crippen LogP contribution is 2.29. The number of hydrogen-bond donors (Lipinski definition) is 0. The van der Waals surface area contributed by atoms with E-state index in [0.717, 1.165) is 64.2 Å². The Balaban J connectivity index is 1.66. The number of hydrogen-bond acceptors (Lipinski definition) is 4. The molecule has 1 aromatic rings. The molecule has 0 aromatic heterocycles. The maximum atomic E-state index is 12.9. The van der Waals surface area contributed by atoms with Crippen LogP contribution in [0.5, 0.6) is 11.5 Å². The van der Waals surface area contributed by atoms with Crippen LogP contribution in [0.15, 0.2) is 29.8 Å². The summed E-state index contributed by atoms with van der Waals surface area (Å²) in [6, 6.07) is 5.55. The van der Waals surface area contributed by atoms with E-state index in [1.807, 2.05) is 23.1 Å². The number of rotatable bonds is 6. The van der Waals surface area contributed by atoms with Gasteiger partial charge in [-0.05, 0) is 51.7 Å². The van der Waals surface area contributed by atoms with Crippen molar-refractivity contribution < 1.29 is 14.3 Å². The lowest BCUT2D eigenvalue weighted by Gasteiger charge is -2.32. The van der Waals surface area contributed by atoms with E-state index in [1.165, 1.54) is 5.57 Å². The minimum Gasteiger partial charge on any atom is -0.497 e. The second-order valence-corrected chi connectivity index (χ2v) is 7.76. The summed E-state index contributed by atoms with van der Waals surface area (Å²) in [5, 5.41) is 0. The molecular formula is C22H32N2O3. The van der Waals surface area contributed by atoms with Crippen LogP contribution in [0, 0.1) is 0 Å². The second kappa shape index (κ2) is 9.27. The first-order valence-electron chi connectivity index (χ1n) is 10.1. The van der Waals surface area contributed by atoms with Gasteiger partial charge in [0.05, 0.1) is 12.7 Å². The van der Waals surface area contributed by atoms with Crippen LogP contribution in [-0.4, -0.2) is 61.6 Å². The third-order valence-corrected chi connectivity index (χ3v) is 5.40. The smallest absolute Gasteiger partial charge is 0.257 e. The number of likely N-dealkylation sites (tertiary alicyclic amines) is 2. The Morgan fingerprint density at radius 1 is 1.15 bits per heavy atom. The number of methoxy groups -OCH3 is 1. The van der Waals surface area contributed by atoms with Crippen LogP contribution in [0.3, 0.4) is 0 Å². The molecule has 2 fully saturated rings. The van der Waals surface area contributed by atoms with Gasteiger partial charge in [-0.1, -0.05) is 11.6 Å². The molecule has 0 N–H and O–H groups in total. The molecule has 2 saturated heterocycles. The van der Waals surface area contributed by atoms with E-state index in [-0.39, 0.29) is 12.0 Å². The minimum absolute atomic E-state index is 0.0751. The zero-order valence-corrected chi connectivity index (χ0v) is 16.9. The van der Waals surface area contributed by atoms with Gasteiger partial charge in [0.25, 0.3) is 5.91 Å². The van der Waals surface area contributed by atoms with E-state index in [9.17, 15) is 4.79 Å². The molecule has 0 saturated carbocycles. The van der Waals surface area contributed by atoms with Gasteiger partial charge in [0.15, 0.2) is 0 Å².